The Morgan fingerprint density at radius 1 is 1.12 bits per heavy atom. The summed E-state index contributed by atoms with van der Waals surface area (Å²) in [6.07, 6.45) is 6.64. The molecule has 0 unspecified atom stereocenters. The van der Waals surface area contributed by atoms with E-state index in [0.29, 0.717) is 11.4 Å². The molecule has 0 aromatic carbocycles. The first-order valence-electron chi connectivity index (χ1n) is 7.94. The number of nitrogens with two attached hydrogens (primary N) is 2. The molecule has 0 amide bonds. The second-order valence-electron chi connectivity index (χ2n) is 5.97. The fourth-order valence-corrected chi connectivity index (χ4v) is 2.41. The number of anilines is 2. The molecule has 3 rings (SSSR count). The second kappa shape index (κ2) is 8.24. The monoisotopic (exact) mass is 354 g/mol. The van der Waals surface area contributed by atoms with Gasteiger partial charge in [-0.05, 0) is 37.3 Å². The van der Waals surface area contributed by atoms with Gasteiger partial charge in [-0.25, -0.2) is 14.4 Å². The number of aromatic nitrogens is 2. The summed E-state index contributed by atoms with van der Waals surface area (Å²) in [5.41, 5.74) is 12.3. The van der Waals surface area contributed by atoms with E-state index >= 15 is 0 Å². The van der Waals surface area contributed by atoms with E-state index in [1.54, 1.807) is 19.2 Å². The molecule has 26 heavy (non-hydrogen) atoms. The Morgan fingerprint density at radius 3 is 2.19 bits per heavy atom. The predicted octanol–water partition coefficient (Wildman–Crippen LogP) is 2.32. The van der Waals surface area contributed by atoms with Crippen molar-refractivity contribution >= 4 is 11.6 Å². The maximum Gasteiger partial charge on any atom is 0.146 e. The zero-order valence-electron chi connectivity index (χ0n) is 14.4. The number of rotatable bonds is 4. The number of nitrogen functional groups attached to an aromatic ring is 2. The third-order valence-corrected chi connectivity index (χ3v) is 4.22. The van der Waals surface area contributed by atoms with E-state index < -0.39 is 5.82 Å². The molecule has 0 spiro atoms. The highest BCUT2D eigenvalue weighted by molar-refractivity contribution is 5.43. The van der Waals surface area contributed by atoms with Crippen LogP contribution in [0.25, 0.3) is 0 Å². The highest BCUT2D eigenvalue weighted by Gasteiger charge is 2.42. The van der Waals surface area contributed by atoms with Crippen LogP contribution in [0, 0.1) is 28.5 Å². The van der Waals surface area contributed by atoms with Crippen LogP contribution in [-0.2, 0) is 11.2 Å². The van der Waals surface area contributed by atoms with Gasteiger partial charge in [0, 0.05) is 19.4 Å². The molecule has 8 heteroatoms. The number of halogens is 1. The summed E-state index contributed by atoms with van der Waals surface area (Å²) in [5, 5.41) is 17.2. The molecule has 0 aliphatic heterocycles. The van der Waals surface area contributed by atoms with Crippen LogP contribution in [0.15, 0.2) is 24.5 Å². The SMILES string of the molecule is COC1(CCc2cc(N)ncc2C#N)CC1.N#Cc1cnc(N)cc1F. The van der Waals surface area contributed by atoms with Gasteiger partial charge in [0.25, 0.3) is 0 Å². The van der Waals surface area contributed by atoms with Crippen molar-refractivity contribution in [3.8, 4) is 12.1 Å². The third-order valence-electron chi connectivity index (χ3n) is 4.22. The van der Waals surface area contributed by atoms with E-state index in [0.717, 1.165) is 43.5 Å². The Kier molecular flexibility index (Phi) is 6.05. The molecule has 0 saturated heterocycles. The molecule has 0 radical (unpaired) electrons. The molecular formula is C18H19FN6O. The van der Waals surface area contributed by atoms with Gasteiger partial charge in [0.05, 0.1) is 17.4 Å². The second-order valence-corrected chi connectivity index (χ2v) is 5.97. The fourth-order valence-electron chi connectivity index (χ4n) is 2.41. The summed E-state index contributed by atoms with van der Waals surface area (Å²) < 4.78 is 18.0. The lowest BCUT2D eigenvalue weighted by atomic mass is 10.0. The summed E-state index contributed by atoms with van der Waals surface area (Å²) in [7, 11) is 1.75. The summed E-state index contributed by atoms with van der Waals surface area (Å²) in [5.74, 6) is -0.0808. The van der Waals surface area contributed by atoms with E-state index in [2.05, 4.69) is 16.0 Å². The van der Waals surface area contributed by atoms with Crippen molar-refractivity contribution in [3.05, 3.63) is 47.0 Å². The van der Waals surface area contributed by atoms with Crippen molar-refractivity contribution in [1.29, 1.82) is 10.5 Å². The van der Waals surface area contributed by atoms with E-state index in [1.807, 2.05) is 0 Å². The maximum absolute atomic E-state index is 12.5. The van der Waals surface area contributed by atoms with Crippen molar-refractivity contribution in [2.24, 2.45) is 0 Å². The Labute approximate surface area is 151 Å². The van der Waals surface area contributed by atoms with Gasteiger partial charge in [-0.2, -0.15) is 10.5 Å². The molecule has 134 valence electrons. The number of hydrogen-bond acceptors (Lipinski definition) is 7. The number of pyridine rings is 2. The van der Waals surface area contributed by atoms with Gasteiger partial charge >= 0.3 is 0 Å². The van der Waals surface area contributed by atoms with Crippen molar-refractivity contribution < 1.29 is 9.13 Å². The number of ether oxygens (including phenoxy) is 1. The Balaban J connectivity index is 0.000000209. The molecule has 4 N–H and O–H groups in total. The lowest BCUT2D eigenvalue weighted by Crippen LogP contribution is -2.13. The largest absolute Gasteiger partial charge is 0.384 e. The molecule has 1 fully saturated rings. The molecule has 2 aromatic rings. The molecule has 0 bridgehead atoms. The van der Waals surface area contributed by atoms with Gasteiger partial charge in [0.1, 0.15) is 35.2 Å². The summed E-state index contributed by atoms with van der Waals surface area (Å²) >= 11 is 0. The molecule has 7 nitrogen and oxygen atoms in total. The lowest BCUT2D eigenvalue weighted by Gasteiger charge is -2.13. The first kappa shape index (κ1) is 19.1. The molecule has 0 atom stereocenters. The van der Waals surface area contributed by atoms with Crippen LogP contribution in [-0.4, -0.2) is 22.7 Å². The standard InChI is InChI=1S/C12H15N3O.C6H4FN3/c1-16-12(4-5-12)3-2-9-6-11(14)15-8-10(9)7-13;7-5-1-6(9)10-3-4(5)2-8/h6,8H,2-5H2,1H3,(H2,14,15);1,3H,(H2,9,10). The van der Waals surface area contributed by atoms with Crippen LogP contribution in [0.1, 0.15) is 36.0 Å². The summed E-state index contributed by atoms with van der Waals surface area (Å²) in [4.78, 5) is 7.44. The highest BCUT2D eigenvalue weighted by atomic mass is 19.1. The highest BCUT2D eigenvalue weighted by Crippen LogP contribution is 2.42. The van der Waals surface area contributed by atoms with Gasteiger partial charge in [-0.3, -0.25) is 0 Å². The maximum atomic E-state index is 12.5. The van der Waals surface area contributed by atoms with Gasteiger partial charge < -0.3 is 16.2 Å². The van der Waals surface area contributed by atoms with Crippen LogP contribution >= 0.6 is 0 Å². The number of aryl methyl sites for hydroxylation is 1. The van der Waals surface area contributed by atoms with E-state index in [-0.39, 0.29) is 17.0 Å². The number of nitriles is 2. The summed E-state index contributed by atoms with van der Waals surface area (Å²) in [6, 6.07) is 6.56. The van der Waals surface area contributed by atoms with E-state index in [9.17, 15) is 4.39 Å². The zero-order chi connectivity index (χ0) is 19.2. The Hall–Kier alpha value is -3.23. The minimum absolute atomic E-state index is 0.0603. The number of methoxy groups -OCH3 is 1. The van der Waals surface area contributed by atoms with Crippen LogP contribution in [0.5, 0.6) is 0 Å². The molecule has 1 aliphatic rings. The molecule has 1 saturated carbocycles. The van der Waals surface area contributed by atoms with Crippen molar-refractivity contribution in [2.75, 3.05) is 18.6 Å². The first-order valence-corrected chi connectivity index (χ1v) is 7.94. The quantitative estimate of drug-likeness (QED) is 0.860. The van der Waals surface area contributed by atoms with Gasteiger partial charge in [-0.1, -0.05) is 0 Å². The molecular weight excluding hydrogens is 335 g/mol. The number of hydrogen-bond donors (Lipinski definition) is 2. The van der Waals surface area contributed by atoms with E-state index in [4.69, 9.17) is 26.7 Å². The average Bonchev–Trinajstić information content (AvgIpc) is 3.41. The third kappa shape index (κ3) is 4.88. The minimum Gasteiger partial charge on any atom is -0.384 e. The molecule has 2 aromatic heterocycles. The van der Waals surface area contributed by atoms with Crippen molar-refractivity contribution in [2.45, 2.75) is 31.3 Å². The van der Waals surface area contributed by atoms with Crippen LogP contribution < -0.4 is 11.5 Å². The Morgan fingerprint density at radius 2 is 1.69 bits per heavy atom. The van der Waals surface area contributed by atoms with Gasteiger partial charge in [-0.15, -0.1) is 0 Å². The lowest BCUT2D eigenvalue weighted by molar-refractivity contribution is 0.0731. The van der Waals surface area contributed by atoms with Crippen LogP contribution in [0.3, 0.4) is 0 Å². The van der Waals surface area contributed by atoms with Crippen molar-refractivity contribution in [3.63, 3.8) is 0 Å². The van der Waals surface area contributed by atoms with Crippen LogP contribution in [0.4, 0.5) is 16.0 Å². The number of nitrogens with zero attached hydrogens (tertiary/aromatic N) is 4. The van der Waals surface area contributed by atoms with E-state index in [1.165, 1.54) is 6.20 Å². The molecule has 2 heterocycles. The van der Waals surface area contributed by atoms with Gasteiger partial charge in [0.2, 0.25) is 0 Å². The summed E-state index contributed by atoms with van der Waals surface area (Å²) in [6.45, 7) is 0. The Bertz CT molecular complexity index is 867. The predicted molar refractivity (Wildman–Crippen MR) is 94.0 cm³/mol. The average molecular weight is 354 g/mol. The van der Waals surface area contributed by atoms with Crippen LogP contribution in [0.2, 0.25) is 0 Å². The first-order chi connectivity index (χ1) is 12.4. The fraction of sp³-hybridized carbons (Fsp3) is 0.333. The zero-order valence-corrected chi connectivity index (χ0v) is 14.4. The van der Waals surface area contributed by atoms with Gasteiger partial charge in [0.15, 0.2) is 0 Å². The minimum atomic E-state index is -0.630. The topological polar surface area (TPSA) is 135 Å². The molecule has 1 aliphatic carbocycles. The smallest absolute Gasteiger partial charge is 0.146 e. The van der Waals surface area contributed by atoms with Crippen molar-refractivity contribution in [1.82, 2.24) is 9.97 Å². The normalized spacial score (nSPS) is 13.7.